The Morgan fingerprint density at radius 2 is 2.11 bits per heavy atom. The van der Waals surface area contributed by atoms with Gasteiger partial charge in [-0.15, -0.1) is 0 Å². The lowest BCUT2D eigenvalue weighted by molar-refractivity contribution is -0.122. The van der Waals surface area contributed by atoms with Crippen molar-refractivity contribution in [1.29, 1.82) is 0 Å². The molecule has 7 N–H and O–H groups in total. The number of carbonyl (C=O) groups is 1. The van der Waals surface area contributed by atoms with Gasteiger partial charge in [-0.1, -0.05) is 0 Å². The molecule has 0 aliphatic carbocycles. The highest BCUT2D eigenvalue weighted by Gasteiger charge is 2.23. The fourth-order valence-electron chi connectivity index (χ4n) is 1.56. The standard InChI is InChI=1S/C11H14N6O2/c1-5-9(18)16-7-4-6(2-3-8(7)19-5)15-11(14)17-10(12)13/h2-5H,1H3,(H,16,18)(H6,12,13,14,15,17). The minimum Gasteiger partial charge on any atom is -0.479 e. The number of fused-ring (bicyclic) bond motifs is 1. The number of hydrogen-bond acceptors (Lipinski definition) is 3. The molecule has 1 aliphatic rings. The second kappa shape index (κ2) is 4.84. The molecule has 1 amide bonds. The molecule has 2 rings (SSSR count). The monoisotopic (exact) mass is 262 g/mol. The number of rotatable bonds is 1. The third-order valence-electron chi connectivity index (χ3n) is 2.38. The molecule has 1 atom stereocenters. The molecular formula is C11H14N6O2. The molecule has 1 heterocycles. The first-order valence-corrected chi connectivity index (χ1v) is 5.51. The molecule has 1 unspecified atom stereocenters. The number of nitrogens with zero attached hydrogens (tertiary/aromatic N) is 2. The molecule has 8 nitrogen and oxygen atoms in total. The average molecular weight is 262 g/mol. The molecule has 0 spiro atoms. The van der Waals surface area contributed by atoms with Crippen LogP contribution in [-0.2, 0) is 4.79 Å². The van der Waals surface area contributed by atoms with E-state index in [1.807, 2.05) is 0 Å². The smallest absolute Gasteiger partial charge is 0.265 e. The van der Waals surface area contributed by atoms with Crippen LogP contribution in [0.3, 0.4) is 0 Å². The van der Waals surface area contributed by atoms with E-state index in [0.29, 0.717) is 17.1 Å². The summed E-state index contributed by atoms with van der Waals surface area (Å²) in [5.74, 6) is 0.110. The number of nitrogens with two attached hydrogens (primary N) is 3. The molecule has 0 saturated heterocycles. The maximum Gasteiger partial charge on any atom is 0.265 e. The normalized spacial score (nSPS) is 18.1. The van der Waals surface area contributed by atoms with Gasteiger partial charge in [0.25, 0.3) is 5.91 Å². The van der Waals surface area contributed by atoms with Gasteiger partial charge in [0.15, 0.2) is 12.1 Å². The molecule has 0 bridgehead atoms. The van der Waals surface area contributed by atoms with Crippen LogP contribution in [0, 0.1) is 0 Å². The number of guanidine groups is 2. The maximum absolute atomic E-state index is 11.5. The summed E-state index contributed by atoms with van der Waals surface area (Å²) in [6, 6.07) is 4.99. The first-order chi connectivity index (χ1) is 8.95. The number of amides is 1. The van der Waals surface area contributed by atoms with E-state index in [-0.39, 0.29) is 17.8 Å². The van der Waals surface area contributed by atoms with E-state index >= 15 is 0 Å². The van der Waals surface area contributed by atoms with Gasteiger partial charge in [0.05, 0.1) is 11.4 Å². The van der Waals surface area contributed by atoms with E-state index in [1.165, 1.54) is 0 Å². The Morgan fingerprint density at radius 3 is 2.79 bits per heavy atom. The predicted octanol–water partition coefficient (Wildman–Crippen LogP) is -0.374. The van der Waals surface area contributed by atoms with Gasteiger partial charge in [-0.25, -0.2) is 4.99 Å². The lowest BCUT2D eigenvalue weighted by Gasteiger charge is -2.23. The van der Waals surface area contributed by atoms with Crippen LogP contribution in [0.1, 0.15) is 6.92 Å². The van der Waals surface area contributed by atoms with Crippen LogP contribution in [0.4, 0.5) is 11.4 Å². The maximum atomic E-state index is 11.5. The number of benzene rings is 1. The van der Waals surface area contributed by atoms with Crippen molar-refractivity contribution in [3.63, 3.8) is 0 Å². The topological polar surface area (TPSA) is 141 Å². The summed E-state index contributed by atoms with van der Waals surface area (Å²) >= 11 is 0. The van der Waals surface area contributed by atoms with Crippen LogP contribution in [0.15, 0.2) is 28.2 Å². The molecule has 0 radical (unpaired) electrons. The minimum atomic E-state index is -0.520. The van der Waals surface area contributed by atoms with Gasteiger partial charge in [-0.05, 0) is 25.1 Å². The van der Waals surface area contributed by atoms with Gasteiger partial charge in [-0.2, -0.15) is 4.99 Å². The molecule has 19 heavy (non-hydrogen) atoms. The molecule has 0 aromatic heterocycles. The Balaban J connectivity index is 2.30. The lowest BCUT2D eigenvalue weighted by atomic mass is 10.2. The summed E-state index contributed by atoms with van der Waals surface area (Å²) in [6.07, 6.45) is -0.520. The molecule has 0 fully saturated rings. The summed E-state index contributed by atoms with van der Waals surface area (Å²) in [4.78, 5) is 19.1. The van der Waals surface area contributed by atoms with E-state index in [0.717, 1.165) is 0 Å². The summed E-state index contributed by atoms with van der Waals surface area (Å²) in [5, 5.41) is 2.70. The summed E-state index contributed by atoms with van der Waals surface area (Å²) < 4.78 is 5.41. The van der Waals surface area contributed by atoms with Crippen LogP contribution in [-0.4, -0.2) is 23.9 Å². The Hall–Kier alpha value is -2.77. The molecule has 1 aromatic carbocycles. The van der Waals surface area contributed by atoms with E-state index < -0.39 is 6.10 Å². The van der Waals surface area contributed by atoms with E-state index in [9.17, 15) is 4.79 Å². The molecule has 1 aromatic rings. The average Bonchev–Trinajstić information content (AvgIpc) is 2.30. The Kier molecular flexibility index (Phi) is 3.23. The molecule has 100 valence electrons. The number of carbonyl (C=O) groups excluding carboxylic acids is 1. The quantitative estimate of drug-likeness (QED) is 0.403. The zero-order valence-corrected chi connectivity index (χ0v) is 10.3. The predicted molar refractivity (Wildman–Crippen MR) is 72.3 cm³/mol. The van der Waals surface area contributed by atoms with Gasteiger partial charge in [-0.3, -0.25) is 4.79 Å². The SMILES string of the molecule is CC1Oc2ccc(N=C(N)N=C(N)N)cc2NC1=O. The highest BCUT2D eigenvalue weighted by molar-refractivity contribution is 5.98. The van der Waals surface area contributed by atoms with E-state index in [1.54, 1.807) is 25.1 Å². The Bertz CT molecular complexity index is 577. The van der Waals surface area contributed by atoms with Crippen molar-refractivity contribution < 1.29 is 9.53 Å². The van der Waals surface area contributed by atoms with Crippen molar-refractivity contribution in [2.24, 2.45) is 27.2 Å². The van der Waals surface area contributed by atoms with Gasteiger partial charge in [0.2, 0.25) is 5.96 Å². The van der Waals surface area contributed by atoms with Gasteiger partial charge in [0.1, 0.15) is 5.75 Å². The Morgan fingerprint density at radius 1 is 1.37 bits per heavy atom. The van der Waals surface area contributed by atoms with Crippen LogP contribution in [0.25, 0.3) is 0 Å². The third kappa shape index (κ3) is 2.92. The third-order valence-corrected chi connectivity index (χ3v) is 2.38. The second-order valence-electron chi connectivity index (χ2n) is 3.94. The summed E-state index contributed by atoms with van der Waals surface area (Å²) in [6.45, 7) is 1.67. The Labute approximate surface area is 109 Å². The first-order valence-electron chi connectivity index (χ1n) is 5.51. The number of ether oxygens (including phenoxy) is 1. The zero-order chi connectivity index (χ0) is 14.0. The second-order valence-corrected chi connectivity index (χ2v) is 3.94. The molecular weight excluding hydrogens is 248 g/mol. The van der Waals surface area contributed by atoms with Gasteiger partial charge < -0.3 is 27.3 Å². The number of aliphatic imine (C=N–C) groups is 2. The first kappa shape index (κ1) is 12.7. The van der Waals surface area contributed by atoms with Crippen molar-refractivity contribution >= 4 is 29.2 Å². The fourth-order valence-corrected chi connectivity index (χ4v) is 1.56. The lowest BCUT2D eigenvalue weighted by Crippen LogP contribution is -2.34. The van der Waals surface area contributed by atoms with E-state index in [2.05, 4.69) is 15.3 Å². The van der Waals surface area contributed by atoms with Crippen molar-refractivity contribution in [3.05, 3.63) is 18.2 Å². The van der Waals surface area contributed by atoms with Crippen LogP contribution >= 0.6 is 0 Å². The molecule has 1 aliphatic heterocycles. The van der Waals surface area contributed by atoms with Crippen LogP contribution < -0.4 is 27.3 Å². The summed E-state index contributed by atoms with van der Waals surface area (Å²) in [5.41, 5.74) is 16.9. The number of nitrogens with one attached hydrogen (secondary N) is 1. The highest BCUT2D eigenvalue weighted by Crippen LogP contribution is 2.33. The van der Waals surface area contributed by atoms with Crippen molar-refractivity contribution in [2.75, 3.05) is 5.32 Å². The van der Waals surface area contributed by atoms with Crippen LogP contribution in [0.2, 0.25) is 0 Å². The van der Waals surface area contributed by atoms with Crippen molar-refractivity contribution in [1.82, 2.24) is 0 Å². The fraction of sp³-hybridized carbons (Fsp3) is 0.182. The largest absolute Gasteiger partial charge is 0.479 e. The number of anilines is 1. The zero-order valence-electron chi connectivity index (χ0n) is 10.3. The molecule has 8 heteroatoms. The van der Waals surface area contributed by atoms with Crippen molar-refractivity contribution in [3.8, 4) is 5.75 Å². The van der Waals surface area contributed by atoms with Gasteiger partial charge >= 0.3 is 0 Å². The highest BCUT2D eigenvalue weighted by atomic mass is 16.5. The minimum absolute atomic E-state index is 0.0728. The van der Waals surface area contributed by atoms with E-state index in [4.69, 9.17) is 21.9 Å². The molecule has 0 saturated carbocycles. The van der Waals surface area contributed by atoms with Crippen molar-refractivity contribution in [2.45, 2.75) is 13.0 Å². The number of hydrogen-bond donors (Lipinski definition) is 4. The van der Waals surface area contributed by atoms with Gasteiger partial charge in [0, 0.05) is 0 Å². The summed E-state index contributed by atoms with van der Waals surface area (Å²) in [7, 11) is 0. The van der Waals surface area contributed by atoms with Crippen LogP contribution in [0.5, 0.6) is 5.75 Å².